The molecule has 0 fully saturated rings. The molecule has 12 aromatic rings. The molecule has 41 heteroatoms. The Bertz CT molecular complexity index is 5120. The standard InChI is InChI=1S/C24H24ClF2N7O4.C19H16ClF2N7O2.C17H11ClF2N6O2.C7H14BrNO2/c1-24(2,3)38-23(36)28-9-10-33-13-16(31-21(35)17-12-29-19-5-4-8-30-34(17)19)20(32-33)15-11-14(25)6-7-18(15)37-22(26)27;20-11-3-4-15(31-19(21)22)12(8-11)17-13(10-28(27-17)7-5-23)26-18(30)14-9-24-16-2-1-6-25-29(14)16;18-9-3-4-13(28-17(19)20)10(6-9)15-11(7-22-25-15)24-16(27)12-8-21-14-2-1-5-23-26(12)14;1-7(2,3)11-6(10)9-5-4-8/h4-8,11-13,22H,9-10H2,1-3H3,(H,28,36)(H,31,35);1-4,6,8-10,19H,5,7,23H2,(H,26,30);1-8,17H,(H,22,25)(H,24,27);4-5H2,1-3H3,(H,9,10). The summed E-state index contributed by atoms with van der Waals surface area (Å²) in [7, 11) is 0. The number of alkyl halides is 7. The van der Waals surface area contributed by atoms with Crippen molar-refractivity contribution < 1.29 is 74.0 Å². The van der Waals surface area contributed by atoms with E-state index in [0.29, 0.717) is 35.1 Å². The number of rotatable bonds is 22. The monoisotopic (exact) mass is 1620 g/mol. The Kier molecular flexibility index (Phi) is 27.3. The highest BCUT2D eigenvalue weighted by Crippen LogP contribution is 2.40. The summed E-state index contributed by atoms with van der Waals surface area (Å²) in [5, 5.41) is 42.6. The molecule has 0 saturated heterocycles. The van der Waals surface area contributed by atoms with Crippen molar-refractivity contribution in [3.63, 3.8) is 0 Å². The molecule has 31 nitrogen and oxygen atoms in total. The molecule has 3 aromatic carbocycles. The van der Waals surface area contributed by atoms with E-state index in [1.165, 1.54) is 127 Å². The summed E-state index contributed by atoms with van der Waals surface area (Å²) in [6, 6.07) is 22.6. The number of ether oxygens (including phenoxy) is 5. The van der Waals surface area contributed by atoms with Gasteiger partial charge in [0.15, 0.2) is 34.0 Å². The van der Waals surface area contributed by atoms with Gasteiger partial charge >= 0.3 is 32.0 Å². The highest BCUT2D eigenvalue weighted by atomic mass is 79.9. The number of nitrogens with two attached hydrogens (primary N) is 1. The van der Waals surface area contributed by atoms with Crippen LogP contribution in [0.1, 0.15) is 73.0 Å². The van der Waals surface area contributed by atoms with Crippen LogP contribution in [0, 0.1) is 0 Å². The smallest absolute Gasteiger partial charge is 0.407 e. The van der Waals surface area contributed by atoms with Gasteiger partial charge in [-0.25, -0.2) is 38.1 Å². The van der Waals surface area contributed by atoms with Gasteiger partial charge in [-0.15, -0.1) is 0 Å². The summed E-state index contributed by atoms with van der Waals surface area (Å²) in [6.07, 6.45) is 12.1. The maximum Gasteiger partial charge on any atom is 0.407 e. The van der Waals surface area contributed by atoms with E-state index in [4.69, 9.17) is 50.0 Å². The number of nitrogens with one attached hydrogen (secondary N) is 6. The van der Waals surface area contributed by atoms with Crippen molar-refractivity contribution >= 4 is 115 Å². The minimum atomic E-state index is -3.10. The summed E-state index contributed by atoms with van der Waals surface area (Å²) in [6.45, 7) is 3.07. The van der Waals surface area contributed by atoms with Crippen LogP contribution >= 0.6 is 50.7 Å². The van der Waals surface area contributed by atoms with Crippen LogP contribution in [0.5, 0.6) is 17.2 Å². The van der Waals surface area contributed by atoms with Crippen molar-refractivity contribution in [2.45, 2.75) is 85.7 Å². The van der Waals surface area contributed by atoms with Gasteiger partial charge in [0.05, 0.1) is 60.6 Å². The first-order valence-electron chi connectivity index (χ1n) is 31.9. The highest BCUT2D eigenvalue weighted by molar-refractivity contribution is 9.09. The van der Waals surface area contributed by atoms with Crippen LogP contribution in [0.2, 0.25) is 15.1 Å². The quantitative estimate of drug-likeness (QED) is 0.0245. The van der Waals surface area contributed by atoms with E-state index in [1.807, 2.05) is 20.8 Å². The molecule has 0 bridgehead atoms. The average Bonchev–Trinajstić information content (AvgIpc) is 1.62. The zero-order chi connectivity index (χ0) is 78.0. The lowest BCUT2D eigenvalue weighted by molar-refractivity contribution is -0.0501. The maximum atomic E-state index is 13.1. The molecule has 8 N–H and O–H groups in total. The molecule has 0 aliphatic heterocycles. The molecular weight excluding hydrogens is 1560 g/mol. The van der Waals surface area contributed by atoms with Crippen LogP contribution in [-0.2, 0) is 22.6 Å². The van der Waals surface area contributed by atoms with Gasteiger partial charge in [0, 0.05) is 87.7 Å². The van der Waals surface area contributed by atoms with Gasteiger partial charge in [0.25, 0.3) is 17.7 Å². The second kappa shape index (κ2) is 36.6. The van der Waals surface area contributed by atoms with E-state index in [2.05, 4.69) is 107 Å². The molecule has 108 heavy (non-hydrogen) atoms. The normalized spacial score (nSPS) is 11.3. The average molecular weight is 1620 g/mol. The van der Waals surface area contributed by atoms with Crippen molar-refractivity contribution in [2.24, 2.45) is 5.73 Å². The SMILES string of the molecule is CC(C)(C)OC(=O)NCCBr.CC(C)(C)OC(=O)NCCn1cc(NC(=O)c2cnc3cccnn23)c(-c2cc(Cl)ccc2OC(F)F)n1.NCCn1cc(NC(=O)c2cnc3cccnn23)c(-c2cc(Cl)ccc2OC(F)F)n1.O=C(Nc1cn[nH]c1-c1cc(Cl)ccc1OC(F)F)c1cnc2cccnn12. The number of hydrogen-bond donors (Lipinski definition) is 7. The van der Waals surface area contributed by atoms with Crippen LogP contribution in [0.4, 0.5) is 53.0 Å². The fraction of sp³-hybridized carbons (Fsp3) is 0.254. The summed E-state index contributed by atoms with van der Waals surface area (Å²) in [4.78, 5) is 74.0. The van der Waals surface area contributed by atoms with Gasteiger partial charge in [-0.3, -0.25) is 28.8 Å². The van der Waals surface area contributed by atoms with E-state index in [9.17, 15) is 50.3 Å². The molecule has 0 radical (unpaired) electrons. The molecule has 0 saturated carbocycles. The predicted octanol–water partition coefficient (Wildman–Crippen LogP) is 13.2. The molecule has 0 aliphatic rings. The largest absolute Gasteiger partial charge is 0.444 e. The van der Waals surface area contributed by atoms with Crippen molar-refractivity contribution in [2.75, 3.05) is 40.9 Å². The summed E-state index contributed by atoms with van der Waals surface area (Å²) in [5.41, 5.74) is 8.30. The van der Waals surface area contributed by atoms with Crippen LogP contribution in [0.25, 0.3) is 50.7 Å². The van der Waals surface area contributed by atoms with E-state index in [1.54, 1.807) is 63.4 Å². The summed E-state index contributed by atoms with van der Waals surface area (Å²) in [5.74, 6) is -2.03. The van der Waals surface area contributed by atoms with Crippen molar-refractivity contribution in [3.05, 3.63) is 179 Å². The number of imidazole rings is 3. The Morgan fingerprint density at radius 2 is 0.889 bits per heavy atom. The first-order valence-corrected chi connectivity index (χ1v) is 34.1. The van der Waals surface area contributed by atoms with Gasteiger partial charge in [0.2, 0.25) is 0 Å². The van der Waals surface area contributed by atoms with Crippen LogP contribution in [-0.4, -0.2) is 159 Å². The Balaban J connectivity index is 0.000000176. The molecule has 9 aromatic heterocycles. The molecule has 5 amide bonds. The predicted molar refractivity (Wildman–Crippen MR) is 388 cm³/mol. The van der Waals surface area contributed by atoms with E-state index in [-0.39, 0.29) is 121 Å². The molecule has 0 aliphatic carbocycles. The fourth-order valence-corrected chi connectivity index (χ4v) is 10.3. The number of halogens is 10. The van der Waals surface area contributed by atoms with E-state index in [0.717, 1.165) is 5.33 Å². The van der Waals surface area contributed by atoms with Crippen molar-refractivity contribution in [1.29, 1.82) is 0 Å². The van der Waals surface area contributed by atoms with Crippen LogP contribution < -0.4 is 46.5 Å². The first kappa shape index (κ1) is 80.5. The minimum absolute atomic E-state index is 0.115. The van der Waals surface area contributed by atoms with Gasteiger partial charge in [0.1, 0.15) is 39.8 Å². The molecule has 568 valence electrons. The molecule has 0 unspecified atom stereocenters. The fourth-order valence-electron chi connectivity index (χ4n) is 9.60. The number of aromatic nitrogens is 15. The van der Waals surface area contributed by atoms with Crippen LogP contribution in [0.3, 0.4) is 0 Å². The lowest BCUT2D eigenvalue weighted by Crippen LogP contribution is -2.34. The van der Waals surface area contributed by atoms with Gasteiger partial charge < -0.3 is 56.0 Å². The molecule has 9 heterocycles. The number of alkyl carbamates (subject to hydrolysis) is 2. The Labute approximate surface area is 631 Å². The van der Waals surface area contributed by atoms with Gasteiger partial charge in [-0.2, -0.15) is 56.9 Å². The lowest BCUT2D eigenvalue weighted by atomic mass is 10.1. The Morgan fingerprint density at radius 3 is 1.27 bits per heavy atom. The second-order valence-electron chi connectivity index (χ2n) is 24.0. The lowest BCUT2D eigenvalue weighted by Gasteiger charge is -2.19. The van der Waals surface area contributed by atoms with Crippen molar-refractivity contribution in [3.8, 4) is 51.0 Å². The molecular formula is C67H65BrCl3F6N21O10. The van der Waals surface area contributed by atoms with Crippen LogP contribution in [0.15, 0.2) is 147 Å². The molecule has 12 rings (SSSR count). The number of fused-ring (bicyclic) bond motifs is 3. The number of nitrogens with zero attached hydrogens (tertiary/aromatic N) is 14. The maximum absolute atomic E-state index is 13.1. The number of H-pyrrole nitrogens is 1. The highest BCUT2D eigenvalue weighted by Gasteiger charge is 2.27. The number of hydrogen-bond acceptors (Lipinski definition) is 20. The number of carbonyl (C=O) groups is 5. The number of aromatic amines is 1. The summed E-state index contributed by atoms with van der Waals surface area (Å²) >= 11 is 21.4. The van der Waals surface area contributed by atoms with Crippen molar-refractivity contribution in [1.82, 2.24) is 84.2 Å². The second-order valence-corrected chi connectivity index (χ2v) is 26.1. The zero-order valence-corrected chi connectivity index (χ0v) is 61.4. The minimum Gasteiger partial charge on any atom is -0.444 e. The molecule has 0 spiro atoms. The number of benzene rings is 3. The Morgan fingerprint density at radius 1 is 0.519 bits per heavy atom. The third kappa shape index (κ3) is 22.2. The van der Waals surface area contributed by atoms with Gasteiger partial charge in [-0.05, 0) is 133 Å². The third-order valence-corrected chi connectivity index (χ3v) is 14.9. The van der Waals surface area contributed by atoms with Gasteiger partial charge in [-0.1, -0.05) is 50.7 Å². The zero-order valence-electron chi connectivity index (χ0n) is 57.5. The topological polar surface area (TPSA) is 373 Å². The molecule has 0 atom stereocenters. The third-order valence-electron chi connectivity index (χ3n) is 13.8. The number of carbonyl (C=O) groups excluding carboxylic acids is 5. The van der Waals surface area contributed by atoms with E-state index >= 15 is 0 Å². The first-order chi connectivity index (χ1) is 51.4. The number of amides is 5. The van der Waals surface area contributed by atoms with E-state index < -0.39 is 54.9 Å². The summed E-state index contributed by atoms with van der Waals surface area (Å²) < 4.78 is 108. The Hall–Kier alpha value is -11.6. The number of anilines is 3.